The number of hydrogen-bond donors (Lipinski definition) is 3. The zero-order valence-corrected chi connectivity index (χ0v) is 25.8. The number of aromatic nitrogens is 6. The predicted molar refractivity (Wildman–Crippen MR) is 178 cm³/mol. The summed E-state index contributed by atoms with van der Waals surface area (Å²) in [6.07, 6.45) is 6.80. The third-order valence-electron chi connectivity index (χ3n) is 7.81. The van der Waals surface area contributed by atoms with Crippen LogP contribution in [-0.2, 0) is 29.3 Å². The summed E-state index contributed by atoms with van der Waals surface area (Å²) in [5.41, 5.74) is 8.67. The normalized spacial score (nSPS) is 11.9. The van der Waals surface area contributed by atoms with E-state index in [1.165, 1.54) is 24.0 Å². The third-order valence-corrected chi connectivity index (χ3v) is 8.75. The van der Waals surface area contributed by atoms with Gasteiger partial charge in [0.25, 0.3) is 0 Å². The van der Waals surface area contributed by atoms with Crippen LogP contribution in [0.1, 0.15) is 16.7 Å². The molecule has 9 nitrogen and oxygen atoms in total. The van der Waals surface area contributed by atoms with Gasteiger partial charge in [-0.1, -0.05) is 48.5 Å². The maximum absolute atomic E-state index is 14.7. The number of aryl methyl sites for hydroxylation is 1. The average molecular weight is 632 g/mol. The fourth-order valence-corrected chi connectivity index (χ4v) is 6.16. The summed E-state index contributed by atoms with van der Waals surface area (Å²) in [5, 5.41) is 11.9. The highest BCUT2D eigenvalue weighted by Crippen LogP contribution is 2.33. The number of H-pyrrole nitrogens is 2. The second kappa shape index (κ2) is 12.3. The number of pyridine rings is 2. The Hall–Kier alpha value is -5.26. The molecule has 3 N–H and O–H groups in total. The minimum atomic E-state index is -3.18. The second-order valence-corrected chi connectivity index (χ2v) is 13.6. The molecular formula is C35H30FN7O2S. The van der Waals surface area contributed by atoms with Crippen LogP contribution in [0, 0.1) is 5.82 Å². The van der Waals surface area contributed by atoms with E-state index in [2.05, 4.69) is 48.7 Å². The van der Waals surface area contributed by atoms with E-state index in [9.17, 15) is 12.8 Å². The lowest BCUT2D eigenvalue weighted by Gasteiger charge is -2.07. The summed E-state index contributed by atoms with van der Waals surface area (Å²) in [4.78, 5) is 17.4. The van der Waals surface area contributed by atoms with E-state index in [0.717, 1.165) is 45.3 Å². The summed E-state index contributed by atoms with van der Waals surface area (Å²) in [6, 6.07) is 24.6. The monoisotopic (exact) mass is 631 g/mol. The first-order valence-electron chi connectivity index (χ1n) is 14.8. The topological polar surface area (TPSA) is 129 Å². The van der Waals surface area contributed by atoms with Crippen LogP contribution in [-0.4, -0.2) is 50.6 Å². The quantitative estimate of drug-likeness (QED) is 0.163. The summed E-state index contributed by atoms with van der Waals surface area (Å²) < 4.78 is 38.1. The summed E-state index contributed by atoms with van der Waals surface area (Å²) in [7, 11) is -3.18. The first-order chi connectivity index (χ1) is 22.3. The van der Waals surface area contributed by atoms with Crippen LogP contribution in [0.15, 0.2) is 97.5 Å². The SMILES string of the molecule is CS(=O)(=O)CCc1cc(F)cc(-c2cccc3[nH]c(-c4n[nH]c5cnc(-c6cncc(CNCc7ccccc7)c6)cc45)nc23)c1. The van der Waals surface area contributed by atoms with Crippen LogP contribution in [0.5, 0.6) is 0 Å². The molecule has 7 aromatic rings. The van der Waals surface area contributed by atoms with Crippen LogP contribution in [0.25, 0.3) is 55.8 Å². The summed E-state index contributed by atoms with van der Waals surface area (Å²) in [6.45, 7) is 1.43. The third kappa shape index (κ3) is 6.42. The van der Waals surface area contributed by atoms with E-state index < -0.39 is 15.7 Å². The molecule has 7 rings (SSSR count). The molecular weight excluding hydrogens is 601 g/mol. The van der Waals surface area contributed by atoms with Gasteiger partial charge in [-0.25, -0.2) is 17.8 Å². The van der Waals surface area contributed by atoms with Crippen LogP contribution in [0.3, 0.4) is 0 Å². The van der Waals surface area contributed by atoms with Crippen molar-refractivity contribution in [2.24, 2.45) is 0 Å². The molecule has 230 valence electrons. The number of rotatable bonds is 10. The molecule has 0 saturated heterocycles. The molecule has 0 aliphatic heterocycles. The Kier molecular flexibility index (Phi) is 7.85. The fourth-order valence-electron chi connectivity index (χ4n) is 5.56. The molecule has 0 saturated carbocycles. The molecule has 0 radical (unpaired) electrons. The Bertz CT molecular complexity index is 2300. The van der Waals surface area contributed by atoms with Crippen LogP contribution in [0.2, 0.25) is 0 Å². The molecule has 0 bridgehead atoms. The Morgan fingerprint density at radius 3 is 2.50 bits per heavy atom. The summed E-state index contributed by atoms with van der Waals surface area (Å²) in [5.74, 6) is 0.0653. The molecule has 0 atom stereocenters. The zero-order chi connectivity index (χ0) is 31.7. The zero-order valence-electron chi connectivity index (χ0n) is 25.0. The van der Waals surface area contributed by atoms with E-state index >= 15 is 0 Å². The molecule has 0 aliphatic rings. The number of fused-ring (bicyclic) bond motifs is 2. The van der Waals surface area contributed by atoms with Crippen molar-refractivity contribution in [2.75, 3.05) is 12.0 Å². The van der Waals surface area contributed by atoms with Crippen molar-refractivity contribution in [1.29, 1.82) is 0 Å². The predicted octanol–water partition coefficient (Wildman–Crippen LogP) is 6.25. The smallest absolute Gasteiger partial charge is 0.159 e. The lowest BCUT2D eigenvalue weighted by atomic mass is 10.0. The number of imidazole rings is 1. The minimum Gasteiger partial charge on any atom is -0.337 e. The first-order valence-corrected chi connectivity index (χ1v) is 16.8. The lowest BCUT2D eigenvalue weighted by molar-refractivity contribution is 0.600. The van der Waals surface area contributed by atoms with Crippen molar-refractivity contribution in [3.8, 4) is 33.9 Å². The largest absolute Gasteiger partial charge is 0.337 e. The highest BCUT2D eigenvalue weighted by Gasteiger charge is 2.17. The van der Waals surface area contributed by atoms with Crippen molar-refractivity contribution in [1.82, 2.24) is 35.5 Å². The van der Waals surface area contributed by atoms with Gasteiger partial charge in [0.1, 0.15) is 21.3 Å². The van der Waals surface area contributed by atoms with Crippen LogP contribution < -0.4 is 5.32 Å². The van der Waals surface area contributed by atoms with Gasteiger partial charge in [-0.15, -0.1) is 0 Å². The lowest BCUT2D eigenvalue weighted by Crippen LogP contribution is -2.12. The van der Waals surface area contributed by atoms with Gasteiger partial charge in [-0.05, 0) is 59.0 Å². The maximum atomic E-state index is 14.7. The van der Waals surface area contributed by atoms with Gasteiger partial charge in [0.15, 0.2) is 5.82 Å². The molecule has 0 spiro atoms. The van der Waals surface area contributed by atoms with Crippen molar-refractivity contribution >= 4 is 31.8 Å². The number of para-hydroxylation sites is 1. The van der Waals surface area contributed by atoms with Crippen LogP contribution in [0.4, 0.5) is 4.39 Å². The second-order valence-electron chi connectivity index (χ2n) is 11.4. The number of nitrogens with one attached hydrogen (secondary N) is 3. The number of sulfone groups is 1. The van der Waals surface area contributed by atoms with Gasteiger partial charge in [0, 0.05) is 48.3 Å². The average Bonchev–Trinajstić information content (AvgIpc) is 3.68. The van der Waals surface area contributed by atoms with Gasteiger partial charge < -0.3 is 10.3 Å². The first kappa shape index (κ1) is 29.5. The fraction of sp³-hybridized carbons (Fsp3) is 0.143. The van der Waals surface area contributed by atoms with Crippen molar-refractivity contribution in [3.63, 3.8) is 0 Å². The minimum absolute atomic E-state index is 0.0543. The van der Waals surface area contributed by atoms with Gasteiger partial charge >= 0.3 is 0 Å². The number of aromatic amines is 2. The van der Waals surface area contributed by atoms with Gasteiger partial charge in [-0.3, -0.25) is 15.1 Å². The summed E-state index contributed by atoms with van der Waals surface area (Å²) >= 11 is 0. The van der Waals surface area contributed by atoms with Crippen molar-refractivity contribution in [2.45, 2.75) is 19.5 Å². The number of nitrogens with zero attached hydrogens (tertiary/aromatic N) is 4. The van der Waals surface area contributed by atoms with Gasteiger partial charge in [0.05, 0.1) is 34.2 Å². The molecule has 0 unspecified atom stereocenters. The number of halogens is 1. The maximum Gasteiger partial charge on any atom is 0.159 e. The van der Waals surface area contributed by atoms with E-state index in [1.807, 2.05) is 54.7 Å². The molecule has 46 heavy (non-hydrogen) atoms. The molecule has 3 aromatic carbocycles. The highest BCUT2D eigenvalue weighted by molar-refractivity contribution is 7.90. The molecule has 0 aliphatic carbocycles. The van der Waals surface area contributed by atoms with E-state index in [-0.39, 0.29) is 12.2 Å². The van der Waals surface area contributed by atoms with Crippen molar-refractivity contribution < 1.29 is 12.8 Å². The van der Waals surface area contributed by atoms with Gasteiger partial charge in [-0.2, -0.15) is 5.10 Å². The Balaban J connectivity index is 1.19. The Morgan fingerprint density at radius 1 is 0.826 bits per heavy atom. The van der Waals surface area contributed by atoms with E-state index in [0.29, 0.717) is 34.7 Å². The Morgan fingerprint density at radius 2 is 1.65 bits per heavy atom. The molecule has 11 heteroatoms. The van der Waals surface area contributed by atoms with E-state index in [4.69, 9.17) is 4.98 Å². The van der Waals surface area contributed by atoms with Crippen LogP contribution >= 0.6 is 0 Å². The number of benzene rings is 3. The van der Waals surface area contributed by atoms with Crippen molar-refractivity contribution in [3.05, 3.63) is 120 Å². The van der Waals surface area contributed by atoms with Gasteiger partial charge in [0.2, 0.25) is 0 Å². The van der Waals surface area contributed by atoms with E-state index in [1.54, 1.807) is 12.4 Å². The Labute approximate surface area is 264 Å². The molecule has 4 aromatic heterocycles. The highest BCUT2D eigenvalue weighted by atomic mass is 32.2. The molecule has 0 amide bonds. The molecule has 4 heterocycles. The number of hydrogen-bond acceptors (Lipinski definition) is 7. The molecule has 0 fully saturated rings. The standard InChI is InChI=1S/C35H30FN7O2S/c1-46(44,45)11-10-23-12-25(15-27(36)14-23)28-8-5-9-30-33(28)41-35(40-30)34-29-16-31(39-21-32(29)42-43-34)26-13-24(19-38-20-26)18-37-17-22-6-3-2-4-7-22/h2-9,12-16,19-21,37H,10-11,17-18H2,1H3,(H,40,41)(H,42,43).